The van der Waals surface area contributed by atoms with Gasteiger partial charge in [0.15, 0.2) is 0 Å². The van der Waals surface area contributed by atoms with Crippen LogP contribution in [-0.2, 0) is 4.74 Å². The first kappa shape index (κ1) is 13.3. The molecule has 100 valence electrons. The van der Waals surface area contributed by atoms with Gasteiger partial charge in [-0.25, -0.2) is 0 Å². The molecule has 0 atom stereocenters. The van der Waals surface area contributed by atoms with Crippen molar-refractivity contribution >= 4 is 0 Å². The van der Waals surface area contributed by atoms with Gasteiger partial charge in [-0.05, 0) is 38.1 Å². The van der Waals surface area contributed by atoms with Gasteiger partial charge < -0.3 is 20.1 Å². The lowest BCUT2D eigenvalue weighted by molar-refractivity contribution is -0.0148. The fourth-order valence-electron chi connectivity index (χ4n) is 3.12. The van der Waals surface area contributed by atoms with Crippen molar-refractivity contribution in [1.82, 2.24) is 10.2 Å². The summed E-state index contributed by atoms with van der Waals surface area (Å²) in [6.07, 6.45) is 4.12. The van der Waals surface area contributed by atoms with Crippen molar-refractivity contribution in [2.24, 2.45) is 5.41 Å². The van der Waals surface area contributed by atoms with Crippen LogP contribution in [0.4, 0.5) is 0 Å². The van der Waals surface area contributed by atoms with Crippen molar-refractivity contribution in [2.45, 2.75) is 31.8 Å². The number of hydrogen-bond donors (Lipinski definition) is 2. The third kappa shape index (κ3) is 3.65. The lowest BCUT2D eigenvalue weighted by atomic mass is 9.79. The first-order valence-electron chi connectivity index (χ1n) is 6.87. The van der Waals surface area contributed by atoms with Crippen LogP contribution < -0.4 is 5.32 Å². The van der Waals surface area contributed by atoms with Crippen LogP contribution in [0, 0.1) is 5.41 Å². The molecule has 2 N–H and O–H groups in total. The number of hydrogen-bond acceptors (Lipinski definition) is 4. The van der Waals surface area contributed by atoms with Crippen LogP contribution in [0.25, 0.3) is 0 Å². The predicted molar refractivity (Wildman–Crippen MR) is 68.1 cm³/mol. The second kappa shape index (κ2) is 6.14. The Hall–Kier alpha value is -0.160. The van der Waals surface area contributed by atoms with Gasteiger partial charge in [0.1, 0.15) is 0 Å². The van der Waals surface area contributed by atoms with E-state index >= 15 is 0 Å². The molecule has 2 aliphatic rings. The summed E-state index contributed by atoms with van der Waals surface area (Å²) < 4.78 is 5.49. The Morgan fingerprint density at radius 2 is 1.94 bits per heavy atom. The molecule has 0 amide bonds. The number of nitrogens with one attached hydrogen (secondary N) is 1. The topological polar surface area (TPSA) is 44.7 Å². The number of piperidine rings is 1. The number of rotatable bonds is 4. The molecule has 0 radical (unpaired) electrons. The molecule has 0 saturated carbocycles. The normalized spacial score (nSPS) is 27.2. The Labute approximate surface area is 104 Å². The summed E-state index contributed by atoms with van der Waals surface area (Å²) in [5.74, 6) is 0. The third-order valence-electron chi connectivity index (χ3n) is 4.22. The quantitative estimate of drug-likeness (QED) is 0.752. The lowest BCUT2D eigenvalue weighted by Gasteiger charge is -2.42. The molecular formula is C13H26N2O2. The van der Waals surface area contributed by atoms with E-state index in [1.54, 1.807) is 0 Å². The van der Waals surface area contributed by atoms with Gasteiger partial charge in [0, 0.05) is 39.4 Å². The molecule has 4 heteroatoms. The third-order valence-corrected chi connectivity index (χ3v) is 4.22. The van der Waals surface area contributed by atoms with Gasteiger partial charge in [-0.15, -0.1) is 0 Å². The summed E-state index contributed by atoms with van der Waals surface area (Å²) in [4.78, 5) is 2.52. The highest BCUT2D eigenvalue weighted by atomic mass is 16.5. The molecule has 2 fully saturated rings. The van der Waals surface area contributed by atoms with E-state index in [2.05, 4.69) is 10.2 Å². The minimum atomic E-state index is -0.0683. The number of aliphatic hydroxyl groups excluding tert-OH is 1. The van der Waals surface area contributed by atoms with Crippen LogP contribution in [-0.4, -0.2) is 62.6 Å². The van der Waals surface area contributed by atoms with Crippen LogP contribution in [0.15, 0.2) is 0 Å². The molecule has 0 unspecified atom stereocenters. The van der Waals surface area contributed by atoms with Crippen molar-refractivity contribution in [3.8, 4) is 0 Å². The fourth-order valence-corrected chi connectivity index (χ4v) is 3.12. The van der Waals surface area contributed by atoms with Gasteiger partial charge in [0.25, 0.3) is 0 Å². The number of nitrogens with zero attached hydrogens (tertiary/aromatic N) is 1. The molecule has 0 aliphatic carbocycles. The van der Waals surface area contributed by atoms with Crippen LogP contribution in [0.3, 0.4) is 0 Å². The second-order valence-corrected chi connectivity index (χ2v) is 5.65. The first-order valence-corrected chi connectivity index (χ1v) is 6.87. The fraction of sp³-hybridized carbons (Fsp3) is 1.00. The molecule has 2 rings (SSSR count). The molecule has 4 nitrogen and oxygen atoms in total. The zero-order valence-electron chi connectivity index (χ0n) is 11.0. The van der Waals surface area contributed by atoms with Gasteiger partial charge in [0.2, 0.25) is 0 Å². The molecule has 2 saturated heterocycles. The second-order valence-electron chi connectivity index (χ2n) is 5.65. The van der Waals surface area contributed by atoms with E-state index in [1.165, 1.54) is 0 Å². The van der Waals surface area contributed by atoms with Crippen LogP contribution in [0.1, 0.15) is 25.7 Å². The van der Waals surface area contributed by atoms with Gasteiger partial charge in [-0.3, -0.25) is 0 Å². The smallest absolute Gasteiger partial charge is 0.0564 e. The summed E-state index contributed by atoms with van der Waals surface area (Å²) in [7, 11) is 2.04. The van der Waals surface area contributed by atoms with Crippen LogP contribution >= 0.6 is 0 Å². The highest BCUT2D eigenvalue weighted by Gasteiger charge is 2.34. The standard InChI is InChI=1S/C13H26N2O2/c1-14-10-13(4-8-17-9-5-13)11-15-6-2-12(16)3-7-15/h12,14,16H,2-11H2,1H3. The van der Waals surface area contributed by atoms with Gasteiger partial charge in [-0.2, -0.15) is 0 Å². The minimum absolute atomic E-state index is 0.0683. The number of ether oxygens (including phenoxy) is 1. The minimum Gasteiger partial charge on any atom is -0.393 e. The van der Waals surface area contributed by atoms with Gasteiger partial charge >= 0.3 is 0 Å². The summed E-state index contributed by atoms with van der Waals surface area (Å²) in [5.41, 5.74) is 0.384. The lowest BCUT2D eigenvalue weighted by Crippen LogP contribution is -2.49. The van der Waals surface area contributed by atoms with Crippen molar-refractivity contribution in [2.75, 3.05) is 46.4 Å². The van der Waals surface area contributed by atoms with Gasteiger partial charge in [0.05, 0.1) is 6.10 Å². The summed E-state index contributed by atoms with van der Waals surface area (Å²) >= 11 is 0. The molecule has 0 aromatic rings. The van der Waals surface area contributed by atoms with Crippen LogP contribution in [0.5, 0.6) is 0 Å². The summed E-state index contributed by atoms with van der Waals surface area (Å²) in [5, 5.41) is 12.9. The SMILES string of the molecule is CNCC1(CN2CCC(O)CC2)CCOCC1. The molecule has 2 aliphatic heterocycles. The van der Waals surface area contributed by atoms with E-state index in [-0.39, 0.29) is 6.10 Å². The van der Waals surface area contributed by atoms with Crippen LogP contribution in [0.2, 0.25) is 0 Å². The molecular weight excluding hydrogens is 216 g/mol. The molecule has 0 aromatic carbocycles. The Morgan fingerprint density at radius 3 is 2.53 bits per heavy atom. The number of likely N-dealkylation sites (tertiary alicyclic amines) is 1. The van der Waals surface area contributed by atoms with E-state index in [9.17, 15) is 5.11 Å². The van der Waals surface area contributed by atoms with Crippen molar-refractivity contribution in [3.63, 3.8) is 0 Å². The predicted octanol–water partition coefficient (Wildman–Crippen LogP) is 0.459. The largest absolute Gasteiger partial charge is 0.393 e. The average Bonchev–Trinajstić information content (AvgIpc) is 2.34. The van der Waals surface area contributed by atoms with Crippen molar-refractivity contribution in [3.05, 3.63) is 0 Å². The molecule has 0 aromatic heterocycles. The maximum Gasteiger partial charge on any atom is 0.0564 e. The zero-order chi connectivity index (χ0) is 12.1. The monoisotopic (exact) mass is 242 g/mol. The maximum absolute atomic E-state index is 9.54. The van der Waals surface area contributed by atoms with E-state index in [0.29, 0.717) is 5.41 Å². The number of aliphatic hydroxyl groups is 1. The molecule has 2 heterocycles. The molecule has 17 heavy (non-hydrogen) atoms. The zero-order valence-corrected chi connectivity index (χ0v) is 11.0. The van der Waals surface area contributed by atoms with E-state index in [4.69, 9.17) is 4.74 Å². The molecule has 0 bridgehead atoms. The maximum atomic E-state index is 9.54. The van der Waals surface area contributed by atoms with Crippen molar-refractivity contribution < 1.29 is 9.84 Å². The highest BCUT2D eigenvalue weighted by Crippen LogP contribution is 2.31. The first-order chi connectivity index (χ1) is 8.24. The summed E-state index contributed by atoms with van der Waals surface area (Å²) in [6, 6.07) is 0. The van der Waals surface area contributed by atoms with E-state index < -0.39 is 0 Å². The van der Waals surface area contributed by atoms with E-state index in [0.717, 1.165) is 65.1 Å². The Balaban J connectivity index is 1.88. The highest BCUT2D eigenvalue weighted by molar-refractivity contribution is 4.88. The molecule has 0 spiro atoms. The van der Waals surface area contributed by atoms with E-state index in [1.807, 2.05) is 7.05 Å². The Morgan fingerprint density at radius 1 is 1.29 bits per heavy atom. The van der Waals surface area contributed by atoms with Crippen molar-refractivity contribution in [1.29, 1.82) is 0 Å². The Bertz CT molecular complexity index is 216. The summed E-state index contributed by atoms with van der Waals surface area (Å²) in [6.45, 7) is 6.14. The van der Waals surface area contributed by atoms with Gasteiger partial charge in [-0.1, -0.05) is 0 Å². The Kier molecular flexibility index (Phi) is 4.79. The average molecular weight is 242 g/mol.